The van der Waals surface area contributed by atoms with Crippen LogP contribution in [0.15, 0.2) is 24.3 Å². The van der Waals surface area contributed by atoms with Gasteiger partial charge in [-0.05, 0) is 18.3 Å². The van der Waals surface area contributed by atoms with Gasteiger partial charge in [0.15, 0.2) is 5.11 Å². The summed E-state index contributed by atoms with van der Waals surface area (Å²) in [6, 6.07) is 7.45. The van der Waals surface area contributed by atoms with Crippen molar-refractivity contribution in [3.63, 3.8) is 0 Å². The zero-order chi connectivity index (χ0) is 11.2. The molecule has 6 nitrogen and oxygen atoms in total. The largest absolute Gasteiger partial charge is 0.322 e. The predicted octanol–water partition coefficient (Wildman–Crippen LogP) is -0.722. The van der Waals surface area contributed by atoms with E-state index < -0.39 is 5.66 Å². The monoisotopic (exact) mass is 235 g/mol. The highest BCUT2D eigenvalue weighted by Gasteiger charge is 2.48. The number of fused-ring (bicyclic) bond motifs is 2. The molecule has 2 aliphatic rings. The third-order valence-corrected chi connectivity index (χ3v) is 2.85. The first-order valence-corrected chi connectivity index (χ1v) is 5.14. The number of benzene rings is 1. The lowest BCUT2D eigenvalue weighted by Gasteiger charge is -2.35. The summed E-state index contributed by atoms with van der Waals surface area (Å²) >= 11 is 4.88. The number of anilines is 1. The van der Waals surface area contributed by atoms with Crippen molar-refractivity contribution in [2.75, 3.05) is 5.32 Å². The lowest BCUT2D eigenvalue weighted by molar-refractivity contribution is -0.124. The Morgan fingerprint density at radius 3 is 2.56 bits per heavy atom. The van der Waals surface area contributed by atoms with Crippen LogP contribution in [0.1, 0.15) is 5.56 Å². The lowest BCUT2D eigenvalue weighted by Crippen LogP contribution is -2.74. The molecule has 1 spiro atoms. The third-order valence-electron chi connectivity index (χ3n) is 2.65. The molecular formula is C9H9N5OS. The van der Waals surface area contributed by atoms with E-state index in [1.807, 2.05) is 24.3 Å². The minimum atomic E-state index is -1.01. The molecule has 1 saturated heterocycles. The van der Waals surface area contributed by atoms with Crippen molar-refractivity contribution in [2.45, 2.75) is 5.66 Å². The molecule has 0 atom stereocenters. The minimum absolute atomic E-state index is 0.184. The quantitative estimate of drug-likeness (QED) is 0.382. The highest BCUT2D eigenvalue weighted by atomic mass is 32.1. The van der Waals surface area contributed by atoms with Crippen LogP contribution in [0.25, 0.3) is 0 Å². The van der Waals surface area contributed by atoms with Crippen LogP contribution in [0, 0.1) is 0 Å². The standard InChI is InChI=1S/C9H9N5OS/c15-7-9(13-11-8(16)12-14-9)5-3-1-2-4-6(5)10-7/h1-4,13-14H,(H,10,15)(H2,11,12,16). The second kappa shape index (κ2) is 3.14. The van der Waals surface area contributed by atoms with Gasteiger partial charge in [-0.15, -0.1) is 0 Å². The Balaban J connectivity index is 2.07. The first kappa shape index (κ1) is 9.52. The van der Waals surface area contributed by atoms with E-state index in [0.29, 0.717) is 5.11 Å². The van der Waals surface area contributed by atoms with Gasteiger partial charge in [0.05, 0.1) is 0 Å². The lowest BCUT2D eigenvalue weighted by atomic mass is 10.0. The topological polar surface area (TPSA) is 77.2 Å². The summed E-state index contributed by atoms with van der Waals surface area (Å²) < 4.78 is 0. The van der Waals surface area contributed by atoms with E-state index in [0.717, 1.165) is 11.3 Å². The molecule has 16 heavy (non-hydrogen) atoms. The maximum atomic E-state index is 12.0. The number of hydrogen-bond donors (Lipinski definition) is 5. The maximum absolute atomic E-state index is 12.0. The van der Waals surface area contributed by atoms with Gasteiger partial charge in [0.1, 0.15) is 0 Å². The normalized spacial score (nSPS) is 21.0. The summed E-state index contributed by atoms with van der Waals surface area (Å²) in [5.41, 5.74) is 11.8. The van der Waals surface area contributed by atoms with Crippen molar-refractivity contribution in [3.8, 4) is 0 Å². The third kappa shape index (κ3) is 1.13. The van der Waals surface area contributed by atoms with Gasteiger partial charge in [-0.3, -0.25) is 15.6 Å². The maximum Gasteiger partial charge on any atom is 0.267 e. The van der Waals surface area contributed by atoms with E-state index in [9.17, 15) is 4.79 Å². The average Bonchev–Trinajstić information content (AvgIpc) is 2.57. The molecule has 82 valence electrons. The summed E-state index contributed by atoms with van der Waals surface area (Å²) in [7, 11) is 0. The van der Waals surface area contributed by atoms with Crippen LogP contribution in [0.5, 0.6) is 0 Å². The van der Waals surface area contributed by atoms with Crippen molar-refractivity contribution in [1.82, 2.24) is 21.7 Å². The molecule has 1 fully saturated rings. The molecule has 0 aliphatic carbocycles. The average molecular weight is 235 g/mol. The molecule has 0 bridgehead atoms. The molecule has 3 rings (SSSR count). The van der Waals surface area contributed by atoms with Crippen LogP contribution in [0.4, 0.5) is 5.69 Å². The van der Waals surface area contributed by atoms with Crippen LogP contribution in [-0.2, 0) is 10.5 Å². The Hall–Kier alpha value is -1.70. The van der Waals surface area contributed by atoms with Gasteiger partial charge in [0.2, 0.25) is 5.66 Å². The first-order chi connectivity index (χ1) is 7.72. The minimum Gasteiger partial charge on any atom is -0.322 e. The molecule has 2 aliphatic heterocycles. The zero-order valence-electron chi connectivity index (χ0n) is 8.13. The Kier molecular flexibility index (Phi) is 1.87. The van der Waals surface area contributed by atoms with E-state index in [1.54, 1.807) is 0 Å². The zero-order valence-corrected chi connectivity index (χ0v) is 8.94. The molecular weight excluding hydrogens is 226 g/mol. The van der Waals surface area contributed by atoms with Gasteiger partial charge in [-0.2, -0.15) is 0 Å². The van der Waals surface area contributed by atoms with Crippen LogP contribution >= 0.6 is 12.2 Å². The molecule has 0 aromatic heterocycles. The van der Waals surface area contributed by atoms with Crippen LogP contribution < -0.4 is 27.0 Å². The number of amides is 1. The molecule has 0 unspecified atom stereocenters. The Morgan fingerprint density at radius 2 is 1.81 bits per heavy atom. The summed E-state index contributed by atoms with van der Waals surface area (Å²) in [6.07, 6.45) is 0. The Labute approximate surface area is 96.7 Å². The predicted molar refractivity (Wildman–Crippen MR) is 61.9 cm³/mol. The molecule has 0 saturated carbocycles. The summed E-state index contributed by atoms with van der Waals surface area (Å²) in [6.45, 7) is 0. The first-order valence-electron chi connectivity index (χ1n) is 4.74. The van der Waals surface area contributed by atoms with Crippen molar-refractivity contribution in [1.29, 1.82) is 0 Å². The van der Waals surface area contributed by atoms with E-state index in [1.165, 1.54) is 0 Å². The van der Waals surface area contributed by atoms with Crippen LogP contribution in [-0.4, -0.2) is 11.0 Å². The summed E-state index contributed by atoms with van der Waals surface area (Å²) in [5, 5.41) is 3.18. The molecule has 0 radical (unpaired) electrons. The van der Waals surface area contributed by atoms with Crippen molar-refractivity contribution in [3.05, 3.63) is 29.8 Å². The highest BCUT2D eigenvalue weighted by molar-refractivity contribution is 7.80. The van der Waals surface area contributed by atoms with E-state index >= 15 is 0 Å². The smallest absolute Gasteiger partial charge is 0.267 e. The SMILES string of the molecule is O=C1Nc2ccccc2C12NNC(=S)NN2. The Bertz CT molecular complexity index is 479. The second-order valence-electron chi connectivity index (χ2n) is 3.58. The summed E-state index contributed by atoms with van der Waals surface area (Å²) in [5.74, 6) is -0.184. The number of nitrogens with one attached hydrogen (secondary N) is 5. The molecule has 1 amide bonds. The Morgan fingerprint density at radius 1 is 1.12 bits per heavy atom. The fourth-order valence-electron chi connectivity index (χ4n) is 1.87. The molecule has 1 aromatic carbocycles. The van der Waals surface area contributed by atoms with Crippen LogP contribution in [0.2, 0.25) is 0 Å². The molecule has 5 N–H and O–H groups in total. The van der Waals surface area contributed by atoms with Crippen LogP contribution in [0.3, 0.4) is 0 Å². The van der Waals surface area contributed by atoms with Gasteiger partial charge in [-0.25, -0.2) is 10.9 Å². The molecule has 7 heteroatoms. The second-order valence-corrected chi connectivity index (χ2v) is 3.99. The molecule has 2 heterocycles. The van der Waals surface area contributed by atoms with E-state index in [4.69, 9.17) is 12.2 Å². The number of carbonyl (C=O) groups is 1. The number of carbonyl (C=O) groups excluding carboxylic acids is 1. The van der Waals surface area contributed by atoms with Crippen molar-refractivity contribution >= 4 is 28.9 Å². The van der Waals surface area contributed by atoms with Gasteiger partial charge < -0.3 is 5.32 Å². The van der Waals surface area contributed by atoms with Gasteiger partial charge in [-0.1, -0.05) is 18.2 Å². The number of hydrogen-bond acceptors (Lipinski definition) is 4. The highest BCUT2D eigenvalue weighted by Crippen LogP contribution is 2.33. The van der Waals surface area contributed by atoms with Gasteiger partial charge in [0, 0.05) is 11.3 Å². The van der Waals surface area contributed by atoms with Crippen molar-refractivity contribution < 1.29 is 4.79 Å². The fraction of sp³-hybridized carbons (Fsp3) is 0.111. The number of thiocarbonyl (C=S) groups is 1. The number of para-hydroxylation sites is 1. The van der Waals surface area contributed by atoms with Gasteiger partial charge >= 0.3 is 0 Å². The number of rotatable bonds is 0. The number of hydrazine groups is 2. The van der Waals surface area contributed by atoms with Crippen molar-refractivity contribution in [2.24, 2.45) is 0 Å². The van der Waals surface area contributed by atoms with Gasteiger partial charge in [0.25, 0.3) is 5.91 Å². The van der Waals surface area contributed by atoms with E-state index in [-0.39, 0.29) is 5.91 Å². The molecule has 1 aromatic rings. The fourth-order valence-corrected chi connectivity index (χ4v) is 1.97. The van der Waals surface area contributed by atoms with E-state index in [2.05, 4.69) is 27.0 Å². The summed E-state index contributed by atoms with van der Waals surface area (Å²) in [4.78, 5) is 12.0.